The summed E-state index contributed by atoms with van der Waals surface area (Å²) in [5.74, 6) is -0.426. The largest absolute Gasteiger partial charge is 0.351 e. The van der Waals surface area contributed by atoms with Gasteiger partial charge >= 0.3 is 0 Å². The number of nitrogens with one attached hydrogen (secondary N) is 2. The second-order valence-electron chi connectivity index (χ2n) is 4.49. The topological polar surface area (TPSA) is 92.2 Å². The second-order valence-corrected chi connectivity index (χ2v) is 4.49. The van der Waals surface area contributed by atoms with Crippen molar-refractivity contribution in [2.75, 3.05) is 6.54 Å². The number of aromatic nitrogens is 4. The van der Waals surface area contributed by atoms with Crippen molar-refractivity contribution in [3.8, 4) is 0 Å². The molecule has 0 radical (unpaired) electrons. The average Bonchev–Trinajstić information content (AvgIpc) is 3.01. The van der Waals surface area contributed by atoms with Crippen LogP contribution in [0.1, 0.15) is 16.1 Å². The van der Waals surface area contributed by atoms with Gasteiger partial charge in [0.15, 0.2) is 0 Å². The van der Waals surface area contributed by atoms with Gasteiger partial charge in [-0.3, -0.25) is 14.0 Å². The molecule has 3 aromatic rings. The van der Waals surface area contributed by atoms with Gasteiger partial charge in [-0.2, -0.15) is 0 Å². The minimum absolute atomic E-state index is 0.0308. The maximum absolute atomic E-state index is 12.2. The Balaban J connectivity index is 1.75. The van der Waals surface area contributed by atoms with E-state index in [9.17, 15) is 9.59 Å². The van der Waals surface area contributed by atoms with E-state index in [1.165, 1.54) is 10.6 Å². The van der Waals surface area contributed by atoms with Crippen LogP contribution in [0.2, 0.25) is 0 Å². The van der Waals surface area contributed by atoms with Crippen LogP contribution in [0.4, 0.5) is 0 Å². The number of aromatic amines is 1. The summed E-state index contributed by atoms with van der Waals surface area (Å²) in [7, 11) is 0. The van der Waals surface area contributed by atoms with E-state index in [0.29, 0.717) is 18.6 Å². The first kappa shape index (κ1) is 13.0. The van der Waals surface area contributed by atoms with Crippen LogP contribution < -0.4 is 10.9 Å². The third-order valence-corrected chi connectivity index (χ3v) is 3.09. The van der Waals surface area contributed by atoms with Crippen molar-refractivity contribution >= 4 is 11.6 Å². The van der Waals surface area contributed by atoms with E-state index >= 15 is 0 Å². The van der Waals surface area contributed by atoms with Gasteiger partial charge < -0.3 is 10.3 Å². The van der Waals surface area contributed by atoms with Gasteiger partial charge in [-0.1, -0.05) is 6.07 Å². The maximum Gasteiger partial charge on any atom is 0.270 e. The molecular weight excluding hydrogens is 270 g/mol. The summed E-state index contributed by atoms with van der Waals surface area (Å²) < 4.78 is 1.35. The highest BCUT2D eigenvalue weighted by Gasteiger charge is 2.12. The lowest BCUT2D eigenvalue weighted by molar-refractivity contribution is 0.0952. The fourth-order valence-corrected chi connectivity index (χ4v) is 2.01. The molecule has 3 heterocycles. The number of pyridine rings is 1. The zero-order valence-corrected chi connectivity index (χ0v) is 11.1. The van der Waals surface area contributed by atoms with Gasteiger partial charge in [-0.05, 0) is 12.1 Å². The molecule has 0 saturated heterocycles. The molecule has 0 fully saturated rings. The van der Waals surface area contributed by atoms with Crippen molar-refractivity contribution in [2.45, 2.75) is 6.42 Å². The number of imidazole rings is 1. The van der Waals surface area contributed by atoms with Crippen LogP contribution in [0.25, 0.3) is 5.65 Å². The van der Waals surface area contributed by atoms with E-state index in [1.54, 1.807) is 36.9 Å². The highest BCUT2D eigenvalue weighted by atomic mass is 16.2. The first-order valence-corrected chi connectivity index (χ1v) is 6.47. The van der Waals surface area contributed by atoms with Crippen molar-refractivity contribution in [3.63, 3.8) is 0 Å². The second kappa shape index (κ2) is 5.58. The fourth-order valence-electron chi connectivity index (χ4n) is 2.01. The fraction of sp³-hybridized carbons (Fsp3) is 0.143. The van der Waals surface area contributed by atoms with Crippen LogP contribution in [0.5, 0.6) is 0 Å². The first-order chi connectivity index (χ1) is 10.3. The average molecular weight is 283 g/mol. The number of fused-ring (bicyclic) bond motifs is 1. The lowest BCUT2D eigenvalue weighted by Gasteiger charge is -2.05. The van der Waals surface area contributed by atoms with Crippen molar-refractivity contribution < 1.29 is 4.79 Å². The number of nitrogens with zero attached hydrogens (tertiary/aromatic N) is 3. The Morgan fingerprint density at radius 1 is 1.33 bits per heavy atom. The molecule has 7 heteroatoms. The predicted octanol–water partition coefficient (Wildman–Crippen LogP) is 0.390. The van der Waals surface area contributed by atoms with E-state index in [2.05, 4.69) is 20.3 Å². The van der Waals surface area contributed by atoms with Gasteiger partial charge in [0, 0.05) is 37.3 Å². The molecular formula is C14H13N5O2. The molecule has 2 N–H and O–H groups in total. The maximum atomic E-state index is 12.2. The smallest absolute Gasteiger partial charge is 0.270 e. The number of carbonyl (C=O) groups excluding carboxylic acids is 1. The Hall–Kier alpha value is -2.96. The number of amides is 1. The van der Waals surface area contributed by atoms with Gasteiger partial charge in [-0.15, -0.1) is 0 Å². The summed E-state index contributed by atoms with van der Waals surface area (Å²) >= 11 is 0. The molecule has 0 saturated carbocycles. The van der Waals surface area contributed by atoms with E-state index in [4.69, 9.17) is 0 Å². The van der Waals surface area contributed by atoms with Crippen LogP contribution in [-0.2, 0) is 6.42 Å². The molecule has 0 spiro atoms. The molecule has 106 valence electrons. The summed E-state index contributed by atoms with van der Waals surface area (Å²) in [6, 6.07) is 5.21. The standard InChI is InChI=1S/C14H13N5O2/c20-13(16-5-4-10-7-15-9-18-10)11-8-17-12-3-1-2-6-19(12)14(11)21/h1-3,6-9H,4-5H2,(H,15,18)(H,16,20). The van der Waals surface area contributed by atoms with Crippen LogP contribution in [-0.4, -0.2) is 31.8 Å². The number of rotatable bonds is 4. The summed E-state index contributed by atoms with van der Waals surface area (Å²) in [5, 5.41) is 2.70. The summed E-state index contributed by atoms with van der Waals surface area (Å²) in [6.07, 6.45) is 6.79. The molecule has 0 unspecified atom stereocenters. The molecule has 0 aromatic carbocycles. The van der Waals surface area contributed by atoms with Crippen molar-refractivity contribution in [1.82, 2.24) is 24.7 Å². The Bertz CT molecular complexity index is 823. The summed E-state index contributed by atoms with van der Waals surface area (Å²) in [6.45, 7) is 0.415. The van der Waals surface area contributed by atoms with Crippen LogP contribution in [0.15, 0.2) is 47.9 Å². The van der Waals surface area contributed by atoms with Gasteiger partial charge in [0.05, 0.1) is 6.33 Å². The molecule has 21 heavy (non-hydrogen) atoms. The zero-order chi connectivity index (χ0) is 14.7. The lowest BCUT2D eigenvalue weighted by atomic mass is 10.3. The third-order valence-electron chi connectivity index (χ3n) is 3.09. The highest BCUT2D eigenvalue weighted by molar-refractivity contribution is 5.93. The minimum Gasteiger partial charge on any atom is -0.351 e. The molecule has 0 aliphatic heterocycles. The molecule has 0 bridgehead atoms. The highest BCUT2D eigenvalue weighted by Crippen LogP contribution is 1.98. The number of hydrogen-bond donors (Lipinski definition) is 2. The molecule has 0 aliphatic carbocycles. The first-order valence-electron chi connectivity index (χ1n) is 6.47. The van der Waals surface area contributed by atoms with Crippen molar-refractivity contribution in [1.29, 1.82) is 0 Å². The van der Waals surface area contributed by atoms with Gasteiger partial charge in [0.2, 0.25) is 0 Å². The van der Waals surface area contributed by atoms with E-state index < -0.39 is 5.91 Å². The van der Waals surface area contributed by atoms with Crippen molar-refractivity contribution in [3.05, 3.63) is 64.7 Å². The molecule has 0 aliphatic rings. The predicted molar refractivity (Wildman–Crippen MR) is 76.1 cm³/mol. The minimum atomic E-state index is -0.426. The van der Waals surface area contributed by atoms with Crippen LogP contribution in [0.3, 0.4) is 0 Å². The number of carbonyl (C=O) groups is 1. The Morgan fingerprint density at radius 2 is 2.24 bits per heavy atom. The summed E-state index contributed by atoms with van der Waals surface area (Å²) in [5.41, 5.74) is 1.09. The van der Waals surface area contributed by atoms with Crippen LogP contribution >= 0.6 is 0 Å². The van der Waals surface area contributed by atoms with Crippen LogP contribution in [0, 0.1) is 0 Å². The van der Waals surface area contributed by atoms with Gasteiger partial charge in [-0.25, -0.2) is 9.97 Å². The third kappa shape index (κ3) is 2.66. The SMILES string of the molecule is O=C(NCCc1cnc[nH]1)c1cnc2ccccn2c1=O. The lowest BCUT2D eigenvalue weighted by Crippen LogP contribution is -2.32. The Morgan fingerprint density at radius 3 is 3.05 bits per heavy atom. The van der Waals surface area contributed by atoms with Gasteiger partial charge in [0.1, 0.15) is 11.2 Å². The molecule has 1 amide bonds. The molecule has 0 atom stereocenters. The quantitative estimate of drug-likeness (QED) is 0.724. The number of hydrogen-bond acceptors (Lipinski definition) is 4. The van der Waals surface area contributed by atoms with Gasteiger partial charge in [0.25, 0.3) is 11.5 Å². The Labute approximate surface area is 119 Å². The molecule has 7 nitrogen and oxygen atoms in total. The normalized spacial score (nSPS) is 10.7. The Kier molecular flexibility index (Phi) is 3.46. The number of H-pyrrole nitrogens is 1. The van der Waals surface area contributed by atoms with E-state index in [-0.39, 0.29) is 11.1 Å². The van der Waals surface area contributed by atoms with E-state index in [0.717, 1.165) is 5.69 Å². The molecule has 3 aromatic heterocycles. The molecule has 3 rings (SSSR count). The van der Waals surface area contributed by atoms with Crippen molar-refractivity contribution in [2.24, 2.45) is 0 Å². The monoisotopic (exact) mass is 283 g/mol. The zero-order valence-electron chi connectivity index (χ0n) is 11.1. The van der Waals surface area contributed by atoms with E-state index in [1.807, 2.05) is 0 Å². The summed E-state index contributed by atoms with van der Waals surface area (Å²) in [4.78, 5) is 35.2.